The molecular formula is C15H15N5O. The minimum Gasteiger partial charge on any atom is -0.399 e. The third kappa shape index (κ3) is 3.06. The number of fused-ring (bicyclic) bond motifs is 1. The Labute approximate surface area is 121 Å². The highest BCUT2D eigenvalue weighted by Crippen LogP contribution is 2.16. The van der Waals surface area contributed by atoms with Crippen molar-refractivity contribution in [2.75, 3.05) is 17.6 Å². The first-order valence-corrected chi connectivity index (χ1v) is 6.57. The van der Waals surface area contributed by atoms with E-state index in [9.17, 15) is 5.11 Å². The van der Waals surface area contributed by atoms with Gasteiger partial charge in [0.1, 0.15) is 11.3 Å². The summed E-state index contributed by atoms with van der Waals surface area (Å²) in [6, 6.07) is 10.8. The van der Waals surface area contributed by atoms with Crippen molar-refractivity contribution in [2.24, 2.45) is 0 Å². The van der Waals surface area contributed by atoms with E-state index in [1.54, 1.807) is 36.7 Å². The zero-order valence-electron chi connectivity index (χ0n) is 11.3. The number of pyridine rings is 1. The second-order valence-electron chi connectivity index (χ2n) is 4.66. The van der Waals surface area contributed by atoms with Crippen LogP contribution < -0.4 is 11.1 Å². The molecule has 0 fully saturated rings. The van der Waals surface area contributed by atoms with Gasteiger partial charge in [0.2, 0.25) is 0 Å². The lowest BCUT2D eigenvalue weighted by Gasteiger charge is -2.13. The maximum Gasteiger partial charge on any atom is 0.180 e. The van der Waals surface area contributed by atoms with Crippen LogP contribution in [0.2, 0.25) is 0 Å². The van der Waals surface area contributed by atoms with Crippen LogP contribution >= 0.6 is 0 Å². The van der Waals surface area contributed by atoms with Gasteiger partial charge in [-0.2, -0.15) is 0 Å². The van der Waals surface area contributed by atoms with Crippen molar-refractivity contribution in [2.45, 2.75) is 6.10 Å². The lowest BCUT2D eigenvalue weighted by Crippen LogP contribution is -2.13. The van der Waals surface area contributed by atoms with Gasteiger partial charge in [0, 0.05) is 24.6 Å². The highest BCUT2D eigenvalue weighted by molar-refractivity contribution is 5.71. The van der Waals surface area contributed by atoms with E-state index in [2.05, 4.69) is 20.3 Å². The maximum atomic E-state index is 10.1. The Morgan fingerprint density at radius 2 is 1.81 bits per heavy atom. The molecular weight excluding hydrogens is 266 g/mol. The fourth-order valence-electron chi connectivity index (χ4n) is 1.99. The summed E-state index contributed by atoms with van der Waals surface area (Å²) >= 11 is 0. The number of aliphatic hydroxyl groups is 1. The molecule has 6 nitrogen and oxygen atoms in total. The molecule has 0 aliphatic carbocycles. The van der Waals surface area contributed by atoms with Gasteiger partial charge in [-0.15, -0.1) is 0 Å². The minimum absolute atomic E-state index is 0.350. The van der Waals surface area contributed by atoms with Gasteiger partial charge in [0.15, 0.2) is 5.65 Å². The largest absolute Gasteiger partial charge is 0.399 e. The zero-order chi connectivity index (χ0) is 14.7. The fourth-order valence-corrected chi connectivity index (χ4v) is 1.99. The van der Waals surface area contributed by atoms with Crippen LogP contribution in [0.3, 0.4) is 0 Å². The first-order chi connectivity index (χ1) is 10.2. The molecule has 3 aromatic rings. The molecule has 21 heavy (non-hydrogen) atoms. The highest BCUT2D eigenvalue weighted by atomic mass is 16.3. The van der Waals surface area contributed by atoms with Gasteiger partial charge in [-0.25, -0.2) is 9.97 Å². The lowest BCUT2D eigenvalue weighted by atomic mass is 10.1. The van der Waals surface area contributed by atoms with E-state index < -0.39 is 6.10 Å². The Bertz CT molecular complexity index is 744. The molecule has 0 bridgehead atoms. The van der Waals surface area contributed by atoms with Gasteiger partial charge in [0.05, 0.1) is 6.10 Å². The fraction of sp³-hybridized carbons (Fsp3) is 0.133. The summed E-state index contributed by atoms with van der Waals surface area (Å²) in [6.45, 7) is 0.350. The van der Waals surface area contributed by atoms with Crippen molar-refractivity contribution in [1.82, 2.24) is 15.0 Å². The Hall–Kier alpha value is -2.73. The topological polar surface area (TPSA) is 97.0 Å². The third-order valence-corrected chi connectivity index (χ3v) is 3.13. The molecule has 0 saturated heterocycles. The van der Waals surface area contributed by atoms with Crippen LogP contribution in [0.25, 0.3) is 11.2 Å². The summed E-state index contributed by atoms with van der Waals surface area (Å²) in [4.78, 5) is 12.6. The van der Waals surface area contributed by atoms with E-state index in [1.807, 2.05) is 12.1 Å². The predicted octanol–water partition coefficient (Wildman–Crippen LogP) is 1.75. The van der Waals surface area contributed by atoms with E-state index in [0.717, 1.165) is 11.1 Å². The van der Waals surface area contributed by atoms with Gasteiger partial charge in [-0.05, 0) is 29.8 Å². The molecule has 1 unspecified atom stereocenters. The number of hydrogen-bond acceptors (Lipinski definition) is 6. The van der Waals surface area contributed by atoms with Gasteiger partial charge >= 0.3 is 0 Å². The molecule has 2 aromatic heterocycles. The number of benzene rings is 1. The molecule has 6 heteroatoms. The van der Waals surface area contributed by atoms with Crippen LogP contribution in [0.15, 0.2) is 48.8 Å². The van der Waals surface area contributed by atoms with Crippen LogP contribution in [0.1, 0.15) is 11.7 Å². The second kappa shape index (κ2) is 5.72. The van der Waals surface area contributed by atoms with Crippen molar-refractivity contribution in [3.63, 3.8) is 0 Å². The Kier molecular flexibility index (Phi) is 3.61. The number of rotatable bonds is 4. The summed E-state index contributed by atoms with van der Waals surface area (Å²) in [5, 5.41) is 13.2. The van der Waals surface area contributed by atoms with Crippen LogP contribution in [0.5, 0.6) is 0 Å². The number of nitrogens with zero attached hydrogens (tertiary/aromatic N) is 3. The normalized spacial score (nSPS) is 12.2. The van der Waals surface area contributed by atoms with Crippen LogP contribution in [-0.2, 0) is 0 Å². The first-order valence-electron chi connectivity index (χ1n) is 6.57. The lowest BCUT2D eigenvalue weighted by molar-refractivity contribution is 0.191. The molecule has 2 heterocycles. The number of aliphatic hydroxyl groups excluding tert-OH is 1. The number of nitrogens with one attached hydrogen (secondary N) is 1. The number of nitrogens with two attached hydrogens (primary N) is 1. The van der Waals surface area contributed by atoms with Crippen LogP contribution in [0.4, 0.5) is 11.5 Å². The number of nitrogen functional groups attached to an aromatic ring is 1. The Morgan fingerprint density at radius 1 is 1.05 bits per heavy atom. The molecule has 0 radical (unpaired) electrons. The van der Waals surface area contributed by atoms with Crippen molar-refractivity contribution >= 4 is 22.7 Å². The summed E-state index contributed by atoms with van der Waals surface area (Å²) in [5.41, 5.74) is 8.41. The first kappa shape index (κ1) is 13.3. The van der Waals surface area contributed by atoms with Crippen molar-refractivity contribution < 1.29 is 5.11 Å². The average Bonchev–Trinajstić information content (AvgIpc) is 2.53. The van der Waals surface area contributed by atoms with Crippen molar-refractivity contribution in [3.8, 4) is 0 Å². The standard InChI is InChI=1S/C15H15N5O/c16-11-3-1-10(2-4-11)13(21)9-19-14-6-5-12-15(20-14)18-8-7-17-12/h1-8,13,21H,9,16H2,(H,18,19,20). The zero-order valence-corrected chi connectivity index (χ0v) is 11.3. The molecule has 3 rings (SSSR count). The van der Waals surface area contributed by atoms with Crippen molar-refractivity contribution in [3.05, 3.63) is 54.4 Å². The molecule has 0 aliphatic heterocycles. The van der Waals surface area contributed by atoms with Crippen molar-refractivity contribution in [1.29, 1.82) is 0 Å². The van der Waals surface area contributed by atoms with E-state index in [4.69, 9.17) is 5.73 Å². The molecule has 106 valence electrons. The summed E-state index contributed by atoms with van der Waals surface area (Å²) in [6.07, 6.45) is 2.59. The monoisotopic (exact) mass is 281 g/mol. The molecule has 1 atom stereocenters. The maximum absolute atomic E-state index is 10.1. The Morgan fingerprint density at radius 3 is 2.62 bits per heavy atom. The molecule has 0 saturated carbocycles. The third-order valence-electron chi connectivity index (χ3n) is 3.13. The quantitative estimate of drug-likeness (QED) is 0.630. The molecule has 0 aliphatic rings. The SMILES string of the molecule is Nc1ccc(C(O)CNc2ccc3nccnc3n2)cc1. The molecule has 0 amide bonds. The van der Waals surface area contributed by atoms with E-state index in [0.29, 0.717) is 23.7 Å². The van der Waals surface area contributed by atoms with E-state index >= 15 is 0 Å². The minimum atomic E-state index is -0.634. The summed E-state index contributed by atoms with van der Waals surface area (Å²) in [5.74, 6) is 0.650. The van der Waals surface area contributed by atoms with E-state index in [-0.39, 0.29) is 0 Å². The van der Waals surface area contributed by atoms with Gasteiger partial charge in [0.25, 0.3) is 0 Å². The highest BCUT2D eigenvalue weighted by Gasteiger charge is 2.08. The average molecular weight is 281 g/mol. The number of aromatic nitrogens is 3. The number of anilines is 2. The molecule has 4 N–H and O–H groups in total. The summed E-state index contributed by atoms with van der Waals surface area (Å²) in [7, 11) is 0. The predicted molar refractivity (Wildman–Crippen MR) is 81.6 cm³/mol. The summed E-state index contributed by atoms with van der Waals surface area (Å²) < 4.78 is 0. The van der Waals surface area contributed by atoms with Crippen LogP contribution in [-0.4, -0.2) is 26.6 Å². The molecule has 1 aromatic carbocycles. The van der Waals surface area contributed by atoms with Gasteiger partial charge in [-0.3, -0.25) is 4.98 Å². The van der Waals surface area contributed by atoms with E-state index in [1.165, 1.54) is 0 Å². The van der Waals surface area contributed by atoms with Crippen LogP contribution in [0, 0.1) is 0 Å². The smallest absolute Gasteiger partial charge is 0.180 e. The molecule has 0 spiro atoms. The second-order valence-corrected chi connectivity index (χ2v) is 4.66. The number of hydrogen-bond donors (Lipinski definition) is 3. The van der Waals surface area contributed by atoms with Gasteiger partial charge in [-0.1, -0.05) is 12.1 Å². The Balaban J connectivity index is 1.69. The van der Waals surface area contributed by atoms with Gasteiger partial charge < -0.3 is 16.2 Å².